The van der Waals surface area contributed by atoms with Gasteiger partial charge < -0.3 is 15.0 Å². The third kappa shape index (κ3) is 3.04. The summed E-state index contributed by atoms with van der Waals surface area (Å²) < 4.78 is 10.4. The molecule has 1 heterocycles. The van der Waals surface area contributed by atoms with Crippen molar-refractivity contribution >= 4 is 0 Å². The minimum Gasteiger partial charge on any atom is -0.485 e. The van der Waals surface area contributed by atoms with Crippen molar-refractivity contribution < 1.29 is 9.26 Å². The van der Waals surface area contributed by atoms with Crippen molar-refractivity contribution in [2.45, 2.75) is 26.5 Å². The first-order chi connectivity index (χ1) is 8.31. The number of hydrogen-bond acceptors (Lipinski definition) is 5. The quantitative estimate of drug-likeness (QED) is 0.850. The Hall–Kier alpha value is -1.88. The molecule has 0 atom stereocenters. The first-order valence-corrected chi connectivity index (χ1v) is 5.55. The van der Waals surface area contributed by atoms with Crippen molar-refractivity contribution in [1.29, 1.82) is 0 Å². The van der Waals surface area contributed by atoms with Crippen LogP contribution in [0.5, 0.6) is 5.75 Å². The number of nitrogens with zero attached hydrogens (tertiary/aromatic N) is 2. The molecule has 1 aromatic heterocycles. The Morgan fingerprint density at radius 3 is 3.00 bits per heavy atom. The van der Waals surface area contributed by atoms with E-state index in [1.807, 2.05) is 18.2 Å². The molecule has 0 saturated carbocycles. The Labute approximate surface area is 99.6 Å². The van der Waals surface area contributed by atoms with E-state index >= 15 is 0 Å². The molecule has 0 aliphatic carbocycles. The molecule has 0 aliphatic rings. The highest BCUT2D eigenvalue weighted by Crippen LogP contribution is 2.14. The van der Waals surface area contributed by atoms with Crippen molar-refractivity contribution in [2.24, 2.45) is 5.73 Å². The van der Waals surface area contributed by atoms with Gasteiger partial charge in [-0.15, -0.1) is 0 Å². The number of ether oxygens (including phenoxy) is 1. The maximum atomic E-state index is 5.57. The van der Waals surface area contributed by atoms with Gasteiger partial charge in [-0.3, -0.25) is 0 Å². The van der Waals surface area contributed by atoms with Crippen LogP contribution in [-0.2, 0) is 19.6 Å². The fourth-order valence-corrected chi connectivity index (χ4v) is 1.43. The van der Waals surface area contributed by atoms with Crippen molar-refractivity contribution in [1.82, 2.24) is 10.1 Å². The molecule has 0 unspecified atom stereocenters. The highest BCUT2D eigenvalue weighted by atomic mass is 16.5. The average Bonchev–Trinajstić information content (AvgIpc) is 2.84. The minimum absolute atomic E-state index is 0.248. The molecule has 2 N–H and O–H groups in total. The predicted molar refractivity (Wildman–Crippen MR) is 62.3 cm³/mol. The summed E-state index contributed by atoms with van der Waals surface area (Å²) in [6.45, 7) is 2.64. The van der Waals surface area contributed by atoms with Crippen LogP contribution in [0.3, 0.4) is 0 Å². The normalized spacial score (nSPS) is 10.5. The van der Waals surface area contributed by atoms with Crippen LogP contribution in [0.15, 0.2) is 28.8 Å². The summed E-state index contributed by atoms with van der Waals surface area (Å²) in [4.78, 5) is 4.06. The lowest BCUT2D eigenvalue weighted by atomic mass is 10.2. The molecule has 1 aromatic carbocycles. The summed E-state index contributed by atoms with van der Waals surface area (Å²) in [5.41, 5.74) is 6.61. The number of rotatable bonds is 5. The standard InChI is InChI=1S/C12H15N3O2/c1-2-9-4-3-5-10(6-9)16-8-11-14-12(7-13)17-15-11/h3-6H,2,7-8,13H2,1H3. The Bertz CT molecular complexity index is 482. The summed E-state index contributed by atoms with van der Waals surface area (Å²) in [6, 6.07) is 7.94. The Balaban J connectivity index is 1.96. The molecular formula is C12H15N3O2. The summed E-state index contributed by atoms with van der Waals surface area (Å²) in [6.07, 6.45) is 0.983. The van der Waals surface area contributed by atoms with Gasteiger partial charge in [0.1, 0.15) is 5.75 Å². The molecular weight excluding hydrogens is 218 g/mol. The zero-order valence-corrected chi connectivity index (χ0v) is 9.72. The second-order valence-electron chi connectivity index (χ2n) is 3.60. The molecule has 5 heteroatoms. The summed E-state index contributed by atoms with van der Waals surface area (Å²) >= 11 is 0. The van der Waals surface area contributed by atoms with Crippen LogP contribution in [0.2, 0.25) is 0 Å². The van der Waals surface area contributed by atoms with Gasteiger partial charge >= 0.3 is 0 Å². The molecule has 17 heavy (non-hydrogen) atoms. The second-order valence-corrected chi connectivity index (χ2v) is 3.60. The van der Waals surface area contributed by atoms with Crippen LogP contribution >= 0.6 is 0 Å². The average molecular weight is 233 g/mol. The molecule has 0 radical (unpaired) electrons. The molecule has 2 rings (SSSR count). The second kappa shape index (κ2) is 5.45. The highest BCUT2D eigenvalue weighted by Gasteiger charge is 2.05. The Kier molecular flexibility index (Phi) is 3.72. The van der Waals surface area contributed by atoms with Gasteiger partial charge in [-0.05, 0) is 24.1 Å². The zero-order valence-electron chi connectivity index (χ0n) is 9.72. The van der Waals surface area contributed by atoms with E-state index in [9.17, 15) is 0 Å². The number of aromatic nitrogens is 2. The first-order valence-electron chi connectivity index (χ1n) is 5.55. The lowest BCUT2D eigenvalue weighted by Gasteiger charge is -2.04. The van der Waals surface area contributed by atoms with Crippen LogP contribution in [0.1, 0.15) is 24.2 Å². The van der Waals surface area contributed by atoms with Crippen LogP contribution < -0.4 is 10.5 Å². The van der Waals surface area contributed by atoms with E-state index in [0.29, 0.717) is 11.7 Å². The largest absolute Gasteiger partial charge is 0.485 e. The fraction of sp³-hybridized carbons (Fsp3) is 0.333. The fourth-order valence-electron chi connectivity index (χ4n) is 1.43. The van der Waals surface area contributed by atoms with E-state index in [-0.39, 0.29) is 13.2 Å². The molecule has 0 spiro atoms. The maximum absolute atomic E-state index is 5.57. The SMILES string of the molecule is CCc1cccc(OCc2noc(CN)n2)c1. The topological polar surface area (TPSA) is 74.2 Å². The molecule has 0 amide bonds. The van der Waals surface area contributed by atoms with Crippen LogP contribution in [0.4, 0.5) is 0 Å². The van der Waals surface area contributed by atoms with Gasteiger partial charge in [-0.2, -0.15) is 4.98 Å². The van der Waals surface area contributed by atoms with Crippen molar-refractivity contribution in [2.75, 3.05) is 0 Å². The highest BCUT2D eigenvalue weighted by molar-refractivity contribution is 5.28. The molecule has 90 valence electrons. The molecule has 5 nitrogen and oxygen atoms in total. The van der Waals surface area contributed by atoms with Gasteiger partial charge in [0.2, 0.25) is 11.7 Å². The van der Waals surface area contributed by atoms with Gasteiger partial charge in [-0.1, -0.05) is 24.2 Å². The van der Waals surface area contributed by atoms with E-state index in [4.69, 9.17) is 15.0 Å². The third-order valence-corrected chi connectivity index (χ3v) is 2.36. The zero-order chi connectivity index (χ0) is 12.1. The van der Waals surface area contributed by atoms with E-state index < -0.39 is 0 Å². The van der Waals surface area contributed by atoms with E-state index in [0.717, 1.165) is 12.2 Å². The van der Waals surface area contributed by atoms with Gasteiger partial charge in [-0.25, -0.2) is 0 Å². The van der Waals surface area contributed by atoms with Crippen LogP contribution in [0.25, 0.3) is 0 Å². The van der Waals surface area contributed by atoms with E-state index in [1.165, 1.54) is 5.56 Å². The molecule has 0 fully saturated rings. The number of benzene rings is 1. The molecule has 0 bridgehead atoms. The summed E-state index contributed by atoms with van der Waals surface area (Å²) in [5, 5.41) is 3.75. The summed E-state index contributed by atoms with van der Waals surface area (Å²) in [5.74, 6) is 1.74. The first kappa shape index (κ1) is 11.6. The maximum Gasteiger partial charge on any atom is 0.240 e. The predicted octanol–water partition coefficient (Wildman–Crippen LogP) is 1.67. The van der Waals surface area contributed by atoms with Gasteiger partial charge in [0, 0.05) is 0 Å². The molecule has 0 aliphatic heterocycles. The van der Waals surface area contributed by atoms with Crippen LogP contribution in [-0.4, -0.2) is 10.1 Å². The minimum atomic E-state index is 0.248. The number of aryl methyl sites for hydroxylation is 1. The van der Waals surface area contributed by atoms with Gasteiger partial charge in [0.25, 0.3) is 0 Å². The van der Waals surface area contributed by atoms with Gasteiger partial charge in [0.15, 0.2) is 6.61 Å². The monoisotopic (exact) mass is 233 g/mol. The van der Waals surface area contributed by atoms with E-state index in [2.05, 4.69) is 23.1 Å². The summed E-state index contributed by atoms with van der Waals surface area (Å²) in [7, 11) is 0. The van der Waals surface area contributed by atoms with Crippen LogP contribution in [0, 0.1) is 0 Å². The number of nitrogens with two attached hydrogens (primary N) is 1. The van der Waals surface area contributed by atoms with Crippen molar-refractivity contribution in [3.63, 3.8) is 0 Å². The third-order valence-electron chi connectivity index (χ3n) is 2.36. The molecule has 2 aromatic rings. The lowest BCUT2D eigenvalue weighted by Crippen LogP contribution is -2.00. The lowest BCUT2D eigenvalue weighted by molar-refractivity contribution is 0.285. The van der Waals surface area contributed by atoms with Crippen molar-refractivity contribution in [3.8, 4) is 5.75 Å². The smallest absolute Gasteiger partial charge is 0.240 e. The Morgan fingerprint density at radius 1 is 1.41 bits per heavy atom. The molecule has 0 saturated heterocycles. The number of hydrogen-bond donors (Lipinski definition) is 1. The van der Waals surface area contributed by atoms with Crippen molar-refractivity contribution in [3.05, 3.63) is 41.5 Å². The van der Waals surface area contributed by atoms with Gasteiger partial charge in [0.05, 0.1) is 6.54 Å². The Morgan fingerprint density at radius 2 is 2.29 bits per heavy atom. The van der Waals surface area contributed by atoms with E-state index in [1.54, 1.807) is 0 Å².